The van der Waals surface area contributed by atoms with E-state index in [2.05, 4.69) is 5.32 Å². The molecule has 4 rings (SSSR count). The predicted octanol–water partition coefficient (Wildman–Crippen LogP) is 3.24. The van der Waals surface area contributed by atoms with E-state index in [0.717, 1.165) is 17.3 Å². The number of amides is 2. The second-order valence-electron chi connectivity index (χ2n) is 8.90. The molecule has 11 nitrogen and oxygen atoms in total. The van der Waals surface area contributed by atoms with E-state index >= 15 is 0 Å². The molecule has 0 spiro atoms. The van der Waals surface area contributed by atoms with Crippen molar-refractivity contribution in [3.63, 3.8) is 0 Å². The molecule has 1 atom stereocenters. The van der Waals surface area contributed by atoms with Gasteiger partial charge in [-0.1, -0.05) is 23.9 Å². The number of hydrogen-bond donors (Lipinski definition) is 2. The molecule has 1 aliphatic heterocycles. The zero-order valence-electron chi connectivity index (χ0n) is 22.7. The van der Waals surface area contributed by atoms with Gasteiger partial charge in [-0.25, -0.2) is 23.4 Å². The highest BCUT2D eigenvalue weighted by Gasteiger charge is 2.41. The van der Waals surface area contributed by atoms with E-state index in [1.54, 1.807) is 68.8 Å². The topological polar surface area (TPSA) is 150 Å². The maximum Gasteiger partial charge on any atom is 0.247 e. The van der Waals surface area contributed by atoms with Gasteiger partial charge in [0.05, 0.1) is 31.9 Å². The number of carbonyl (C=O) groups is 2. The Bertz CT molecular complexity index is 1540. The molecule has 1 fully saturated rings. The van der Waals surface area contributed by atoms with Crippen LogP contribution >= 0.6 is 11.8 Å². The van der Waals surface area contributed by atoms with Crippen LogP contribution in [0.15, 0.2) is 76.6 Å². The summed E-state index contributed by atoms with van der Waals surface area (Å²) < 4.78 is 39.1. The number of nitrogens with zero attached hydrogens (tertiary/aromatic N) is 2. The number of nitrogens with one attached hydrogen (secondary N) is 1. The molecular formula is C28H30N4O7S2. The van der Waals surface area contributed by atoms with E-state index in [9.17, 15) is 18.0 Å². The molecule has 1 unspecified atom stereocenters. The lowest BCUT2D eigenvalue weighted by Crippen LogP contribution is -2.32. The van der Waals surface area contributed by atoms with Crippen molar-refractivity contribution < 1.29 is 32.2 Å². The Morgan fingerprint density at radius 1 is 0.976 bits per heavy atom. The smallest absolute Gasteiger partial charge is 0.247 e. The summed E-state index contributed by atoms with van der Waals surface area (Å²) in [6.07, 6.45) is 0.524. The van der Waals surface area contributed by atoms with E-state index in [-0.39, 0.29) is 23.1 Å². The minimum Gasteiger partial charge on any atom is -0.497 e. The Morgan fingerprint density at radius 3 is 2.24 bits per heavy atom. The van der Waals surface area contributed by atoms with E-state index in [0.29, 0.717) is 46.8 Å². The molecule has 0 radical (unpaired) electrons. The molecule has 0 aliphatic carbocycles. The molecule has 0 bridgehead atoms. The number of ether oxygens (including phenoxy) is 3. The predicted molar refractivity (Wildman–Crippen MR) is 158 cm³/mol. The molecule has 41 heavy (non-hydrogen) atoms. The van der Waals surface area contributed by atoms with Crippen molar-refractivity contribution in [3.05, 3.63) is 72.3 Å². The van der Waals surface area contributed by atoms with E-state index in [1.807, 2.05) is 0 Å². The van der Waals surface area contributed by atoms with Crippen molar-refractivity contribution in [3.8, 4) is 17.2 Å². The van der Waals surface area contributed by atoms with Crippen LogP contribution in [-0.4, -0.2) is 58.5 Å². The summed E-state index contributed by atoms with van der Waals surface area (Å²) >= 11 is 1.15. The highest BCUT2D eigenvalue weighted by molar-refractivity contribution is 8.15. The molecule has 1 aliphatic rings. The molecule has 3 aromatic carbocycles. The zero-order valence-corrected chi connectivity index (χ0v) is 24.3. The first kappa shape index (κ1) is 29.9. The third kappa shape index (κ3) is 7.37. The van der Waals surface area contributed by atoms with Crippen LogP contribution < -0.4 is 29.6 Å². The van der Waals surface area contributed by atoms with Gasteiger partial charge in [0, 0.05) is 19.0 Å². The second-order valence-corrected chi connectivity index (χ2v) is 11.6. The van der Waals surface area contributed by atoms with Crippen molar-refractivity contribution in [2.45, 2.75) is 23.0 Å². The van der Waals surface area contributed by atoms with Gasteiger partial charge >= 0.3 is 0 Å². The van der Waals surface area contributed by atoms with Crippen molar-refractivity contribution in [1.82, 2.24) is 5.32 Å². The number of nitrogens with two attached hydrogens (primary N) is 1. The second kappa shape index (κ2) is 13.1. The number of carbonyl (C=O) groups excluding carboxylic acids is 2. The Kier molecular flexibility index (Phi) is 9.53. The van der Waals surface area contributed by atoms with Crippen LogP contribution in [0.1, 0.15) is 12.0 Å². The van der Waals surface area contributed by atoms with Gasteiger partial charge in [0.1, 0.15) is 28.2 Å². The first-order chi connectivity index (χ1) is 19.6. The molecular weight excluding hydrogens is 568 g/mol. The van der Waals surface area contributed by atoms with Crippen LogP contribution in [0.2, 0.25) is 0 Å². The fourth-order valence-corrected chi connectivity index (χ4v) is 5.65. The monoisotopic (exact) mass is 598 g/mol. The minimum atomic E-state index is -3.78. The number of benzene rings is 3. The molecule has 3 aromatic rings. The van der Waals surface area contributed by atoms with Crippen molar-refractivity contribution in [1.29, 1.82) is 0 Å². The SMILES string of the molecule is COc1ccc(N2C(=O)CC(S/C(=N/c3cc(OC)ccc3OC)NCCc3ccc(S(N)(=O)=O)cc3)C2=O)cc1. The van der Waals surface area contributed by atoms with Crippen molar-refractivity contribution in [2.75, 3.05) is 32.8 Å². The third-order valence-electron chi connectivity index (χ3n) is 6.24. The van der Waals surface area contributed by atoms with Crippen LogP contribution in [0.25, 0.3) is 0 Å². The third-order valence-corrected chi connectivity index (χ3v) is 8.28. The molecule has 1 heterocycles. The zero-order chi connectivity index (χ0) is 29.6. The van der Waals surface area contributed by atoms with Crippen LogP contribution in [0.4, 0.5) is 11.4 Å². The normalized spacial score (nSPS) is 15.7. The summed E-state index contributed by atoms with van der Waals surface area (Å²) in [6.45, 7) is 0.407. The van der Waals surface area contributed by atoms with E-state index < -0.39 is 15.3 Å². The number of anilines is 1. The molecule has 3 N–H and O–H groups in total. The van der Waals surface area contributed by atoms with E-state index in [4.69, 9.17) is 24.3 Å². The number of amidine groups is 1. The first-order valence-electron chi connectivity index (χ1n) is 12.5. The minimum absolute atomic E-state index is 0.000496. The van der Waals surface area contributed by atoms with Gasteiger partial charge in [-0.2, -0.15) is 0 Å². The lowest BCUT2D eigenvalue weighted by Gasteiger charge is -2.16. The maximum absolute atomic E-state index is 13.4. The van der Waals surface area contributed by atoms with Crippen LogP contribution in [0, 0.1) is 0 Å². The maximum atomic E-state index is 13.4. The number of methoxy groups -OCH3 is 3. The van der Waals surface area contributed by atoms with Gasteiger partial charge in [-0.3, -0.25) is 9.59 Å². The Hall–Kier alpha value is -4.07. The lowest BCUT2D eigenvalue weighted by molar-refractivity contribution is -0.121. The summed E-state index contributed by atoms with van der Waals surface area (Å²) in [4.78, 5) is 32.2. The molecule has 0 aromatic heterocycles. The molecule has 13 heteroatoms. The van der Waals surface area contributed by atoms with E-state index in [1.165, 1.54) is 24.1 Å². The average Bonchev–Trinajstić information content (AvgIpc) is 3.24. The quantitative estimate of drug-likeness (QED) is 0.204. The number of thioether (sulfide) groups is 1. The number of hydrogen-bond acceptors (Lipinski definition) is 9. The fourth-order valence-electron chi connectivity index (χ4n) is 4.09. The number of rotatable bonds is 10. The summed E-state index contributed by atoms with van der Waals surface area (Å²) in [6, 6.07) is 18.2. The van der Waals surface area contributed by atoms with Crippen LogP contribution in [0.5, 0.6) is 17.2 Å². The van der Waals surface area contributed by atoms with Crippen molar-refractivity contribution >= 4 is 50.1 Å². The molecule has 2 amide bonds. The van der Waals surface area contributed by atoms with Gasteiger partial charge in [0.25, 0.3) is 0 Å². The number of aliphatic imine (C=N–C) groups is 1. The summed E-state index contributed by atoms with van der Waals surface area (Å²) in [5, 5.41) is 8.14. The summed E-state index contributed by atoms with van der Waals surface area (Å²) in [7, 11) is 0.827. The Labute approximate surface area is 242 Å². The largest absolute Gasteiger partial charge is 0.497 e. The lowest BCUT2D eigenvalue weighted by atomic mass is 10.1. The standard InChI is InChI=1S/C28H30N4O7S2/c1-37-20-8-6-19(7-9-20)32-26(33)17-25(27(32)34)40-28(31-23-16-21(38-2)10-13-24(23)39-3)30-15-14-18-4-11-22(12-5-18)41(29,35)36/h4-13,16,25H,14-15,17H2,1-3H3,(H,30,31)(H2,29,35,36). The highest BCUT2D eigenvalue weighted by atomic mass is 32.2. The van der Waals surface area contributed by atoms with Crippen molar-refractivity contribution in [2.24, 2.45) is 10.1 Å². The Balaban J connectivity index is 1.56. The van der Waals surface area contributed by atoms with Gasteiger partial charge in [0.15, 0.2) is 5.17 Å². The van der Waals surface area contributed by atoms with Crippen LogP contribution in [0.3, 0.4) is 0 Å². The van der Waals surface area contributed by atoms with Gasteiger partial charge in [-0.05, 0) is 60.5 Å². The average molecular weight is 599 g/mol. The van der Waals surface area contributed by atoms with Gasteiger partial charge in [0.2, 0.25) is 21.8 Å². The highest BCUT2D eigenvalue weighted by Crippen LogP contribution is 2.35. The number of imide groups is 1. The summed E-state index contributed by atoms with van der Waals surface area (Å²) in [5.41, 5.74) is 1.81. The Morgan fingerprint density at radius 2 is 1.63 bits per heavy atom. The molecule has 216 valence electrons. The first-order valence-corrected chi connectivity index (χ1v) is 14.9. The molecule has 1 saturated heterocycles. The number of primary sulfonamides is 1. The van der Waals surface area contributed by atoms with Gasteiger partial charge in [-0.15, -0.1) is 0 Å². The molecule has 0 saturated carbocycles. The fraction of sp³-hybridized carbons (Fsp3) is 0.250. The number of sulfonamides is 1. The van der Waals surface area contributed by atoms with Gasteiger partial charge < -0.3 is 19.5 Å². The van der Waals surface area contributed by atoms with Crippen LogP contribution in [-0.2, 0) is 26.0 Å². The summed E-state index contributed by atoms with van der Waals surface area (Å²) in [5.74, 6) is 1.02.